The lowest BCUT2D eigenvalue weighted by Crippen LogP contribution is -2.38. The number of allylic oxidation sites excluding steroid dienone is 1. The molecule has 7 heteroatoms. The number of nitrogens with zero attached hydrogens (tertiary/aromatic N) is 2. The van der Waals surface area contributed by atoms with Crippen molar-refractivity contribution in [3.8, 4) is 0 Å². The van der Waals surface area contributed by atoms with Crippen molar-refractivity contribution in [2.24, 2.45) is 4.99 Å². The van der Waals surface area contributed by atoms with Crippen LogP contribution in [0.15, 0.2) is 78.4 Å². The van der Waals surface area contributed by atoms with Crippen molar-refractivity contribution in [1.29, 1.82) is 0 Å². The van der Waals surface area contributed by atoms with E-state index in [-0.39, 0.29) is 11.6 Å². The van der Waals surface area contributed by atoms with Gasteiger partial charge in [-0.05, 0) is 63.5 Å². The van der Waals surface area contributed by atoms with Crippen LogP contribution in [-0.2, 0) is 6.42 Å². The minimum atomic E-state index is -0.102. The van der Waals surface area contributed by atoms with Crippen LogP contribution in [0.25, 0.3) is 11.8 Å². The van der Waals surface area contributed by atoms with Gasteiger partial charge in [-0.3, -0.25) is 9.36 Å². The molecule has 0 bridgehead atoms. The van der Waals surface area contributed by atoms with E-state index < -0.39 is 0 Å². The molecule has 0 radical (unpaired) electrons. The van der Waals surface area contributed by atoms with Crippen LogP contribution in [0.2, 0.25) is 0 Å². The fraction of sp³-hybridized carbons (Fsp3) is 0.130. The summed E-state index contributed by atoms with van der Waals surface area (Å²) in [5.74, 6) is 0.647. The van der Waals surface area contributed by atoms with E-state index in [1.54, 1.807) is 17.4 Å². The standard InChI is InChI=1S/C23H15BrN2O2S2/c24-19-10-8-14(28-19)12-18-22(27)26-21(17-6-3-11-29-17)16-9-7-13-4-1-2-5-15(13)20(16)25-23(26)30-18/h1-6,8,10-12,21H,7,9H2/b18-12-/t21-/m1/s1. The number of fused-ring (bicyclic) bond motifs is 3. The highest BCUT2D eigenvalue weighted by atomic mass is 79.9. The molecule has 1 atom stereocenters. The number of rotatable bonds is 2. The Kier molecular flexibility index (Phi) is 4.30. The van der Waals surface area contributed by atoms with Gasteiger partial charge in [-0.1, -0.05) is 41.7 Å². The van der Waals surface area contributed by atoms with Crippen molar-refractivity contribution in [1.82, 2.24) is 4.57 Å². The number of benzene rings is 1. The molecule has 0 saturated carbocycles. The number of thiophene rings is 1. The molecule has 0 unspecified atom stereocenters. The monoisotopic (exact) mass is 494 g/mol. The minimum Gasteiger partial charge on any atom is -0.450 e. The number of aromatic nitrogens is 1. The Labute approximate surface area is 188 Å². The van der Waals surface area contributed by atoms with Gasteiger partial charge in [0, 0.05) is 16.5 Å². The molecule has 3 aromatic heterocycles. The summed E-state index contributed by atoms with van der Waals surface area (Å²) in [7, 11) is 0. The third kappa shape index (κ3) is 2.84. The molecule has 4 nitrogen and oxygen atoms in total. The summed E-state index contributed by atoms with van der Waals surface area (Å²) in [6.07, 6.45) is 3.68. The van der Waals surface area contributed by atoms with Crippen molar-refractivity contribution in [3.05, 3.63) is 106 Å². The molecule has 1 aromatic carbocycles. The van der Waals surface area contributed by atoms with Crippen LogP contribution in [0.3, 0.4) is 0 Å². The highest BCUT2D eigenvalue weighted by molar-refractivity contribution is 9.10. The Morgan fingerprint density at radius 3 is 2.83 bits per heavy atom. The summed E-state index contributed by atoms with van der Waals surface area (Å²) < 4.78 is 8.74. The Hall–Kier alpha value is -2.48. The zero-order valence-electron chi connectivity index (χ0n) is 15.7. The van der Waals surface area contributed by atoms with E-state index in [0.29, 0.717) is 15.0 Å². The third-order valence-electron chi connectivity index (χ3n) is 5.55. The second kappa shape index (κ2) is 7.04. The molecule has 1 aliphatic heterocycles. The van der Waals surface area contributed by atoms with E-state index in [1.165, 1.54) is 32.9 Å². The molecule has 4 aromatic rings. The van der Waals surface area contributed by atoms with Crippen molar-refractivity contribution < 1.29 is 4.42 Å². The van der Waals surface area contributed by atoms with Gasteiger partial charge in [0.25, 0.3) is 5.56 Å². The topological polar surface area (TPSA) is 47.5 Å². The summed E-state index contributed by atoms with van der Waals surface area (Å²) in [6.45, 7) is 0. The summed E-state index contributed by atoms with van der Waals surface area (Å²) in [5.41, 5.74) is 4.76. The first-order chi connectivity index (χ1) is 14.7. The molecule has 0 N–H and O–H groups in total. The van der Waals surface area contributed by atoms with E-state index in [0.717, 1.165) is 23.3 Å². The van der Waals surface area contributed by atoms with Gasteiger partial charge in [0.2, 0.25) is 0 Å². The highest BCUT2D eigenvalue weighted by Crippen LogP contribution is 2.42. The molecule has 148 valence electrons. The van der Waals surface area contributed by atoms with Crippen LogP contribution < -0.4 is 14.9 Å². The third-order valence-corrected chi connectivity index (χ3v) is 7.89. The van der Waals surface area contributed by atoms with E-state index in [4.69, 9.17) is 9.41 Å². The summed E-state index contributed by atoms with van der Waals surface area (Å²) in [6, 6.07) is 16.2. The highest BCUT2D eigenvalue weighted by Gasteiger charge is 2.32. The largest absolute Gasteiger partial charge is 0.450 e. The van der Waals surface area contributed by atoms with E-state index in [1.807, 2.05) is 22.8 Å². The number of aryl methyl sites for hydroxylation is 1. The predicted octanol–water partition coefficient (Wildman–Crippen LogP) is 4.74. The number of furan rings is 1. The van der Waals surface area contributed by atoms with Gasteiger partial charge in [0.05, 0.1) is 16.3 Å². The van der Waals surface area contributed by atoms with Gasteiger partial charge in [-0.15, -0.1) is 11.3 Å². The molecule has 30 heavy (non-hydrogen) atoms. The van der Waals surface area contributed by atoms with Crippen molar-refractivity contribution in [3.63, 3.8) is 0 Å². The van der Waals surface area contributed by atoms with Crippen LogP contribution in [0.4, 0.5) is 0 Å². The maximum Gasteiger partial charge on any atom is 0.271 e. The predicted molar refractivity (Wildman–Crippen MR) is 123 cm³/mol. The van der Waals surface area contributed by atoms with E-state index in [9.17, 15) is 4.79 Å². The molecule has 0 fully saturated rings. The molecule has 6 rings (SSSR count). The van der Waals surface area contributed by atoms with E-state index >= 15 is 0 Å². The fourth-order valence-corrected chi connectivity index (χ4v) is 6.40. The zero-order valence-corrected chi connectivity index (χ0v) is 18.9. The first kappa shape index (κ1) is 18.3. The van der Waals surface area contributed by atoms with Gasteiger partial charge in [0.1, 0.15) is 5.76 Å². The van der Waals surface area contributed by atoms with Crippen LogP contribution >= 0.6 is 38.6 Å². The molecule has 0 saturated heterocycles. The van der Waals surface area contributed by atoms with Crippen LogP contribution in [0, 0.1) is 0 Å². The molecule has 0 spiro atoms. The van der Waals surface area contributed by atoms with Crippen LogP contribution in [-0.4, -0.2) is 4.57 Å². The number of hydrogen-bond acceptors (Lipinski definition) is 5. The number of thiazole rings is 1. The Balaban J connectivity index is 1.64. The number of hydrogen-bond donors (Lipinski definition) is 0. The molecular weight excluding hydrogens is 480 g/mol. The van der Waals surface area contributed by atoms with Crippen molar-refractivity contribution >= 4 is 50.4 Å². The quantitative estimate of drug-likeness (QED) is 0.404. The molecular formula is C23H15BrN2O2S2. The van der Waals surface area contributed by atoms with Gasteiger partial charge in [-0.2, -0.15) is 0 Å². The van der Waals surface area contributed by atoms with Gasteiger partial charge in [-0.25, -0.2) is 4.99 Å². The first-order valence-corrected chi connectivity index (χ1v) is 12.1. The Morgan fingerprint density at radius 1 is 1.13 bits per heavy atom. The molecule has 0 amide bonds. The van der Waals surface area contributed by atoms with Gasteiger partial charge in [0.15, 0.2) is 9.47 Å². The van der Waals surface area contributed by atoms with Crippen molar-refractivity contribution in [2.75, 3.05) is 0 Å². The lowest BCUT2D eigenvalue weighted by molar-refractivity contribution is 0.531. The lowest BCUT2D eigenvalue weighted by atomic mass is 9.85. The lowest BCUT2D eigenvalue weighted by Gasteiger charge is -2.30. The fourth-order valence-electron chi connectivity index (χ4n) is 4.25. The second-order valence-corrected chi connectivity index (χ2v) is 10.0. The summed E-state index contributed by atoms with van der Waals surface area (Å²) >= 11 is 6.43. The van der Waals surface area contributed by atoms with Gasteiger partial charge >= 0.3 is 0 Å². The summed E-state index contributed by atoms with van der Waals surface area (Å²) in [5, 5.41) is 2.07. The second-order valence-electron chi connectivity index (χ2n) is 7.27. The normalized spacial score (nSPS) is 18.0. The number of halogens is 1. The molecule has 1 aliphatic carbocycles. The first-order valence-electron chi connectivity index (χ1n) is 9.61. The SMILES string of the molecule is O=c1/c(=C/c2ccc(Br)o2)sc2n1[C@@H](c1cccs1)C1=C(N=2)c2ccccc2CC1. The summed E-state index contributed by atoms with van der Waals surface area (Å²) in [4.78, 5) is 20.4. The average molecular weight is 495 g/mol. The van der Waals surface area contributed by atoms with Crippen molar-refractivity contribution in [2.45, 2.75) is 18.9 Å². The maximum atomic E-state index is 13.5. The smallest absolute Gasteiger partial charge is 0.271 e. The zero-order chi connectivity index (χ0) is 20.2. The molecule has 2 aliphatic rings. The van der Waals surface area contributed by atoms with Crippen LogP contribution in [0.1, 0.15) is 34.2 Å². The van der Waals surface area contributed by atoms with Crippen LogP contribution in [0.5, 0.6) is 0 Å². The Bertz CT molecular complexity index is 1490. The Morgan fingerprint density at radius 2 is 2.03 bits per heavy atom. The average Bonchev–Trinajstić information content (AvgIpc) is 3.49. The van der Waals surface area contributed by atoms with E-state index in [2.05, 4.69) is 51.6 Å². The maximum absolute atomic E-state index is 13.5. The molecule has 4 heterocycles. The minimum absolute atomic E-state index is 0.0184. The van der Waals surface area contributed by atoms with Gasteiger partial charge < -0.3 is 4.42 Å².